The summed E-state index contributed by atoms with van der Waals surface area (Å²) >= 11 is 0. The average molecular weight is 257 g/mol. The van der Waals surface area contributed by atoms with Crippen molar-refractivity contribution in [1.29, 1.82) is 0 Å². The van der Waals surface area contributed by atoms with E-state index in [4.69, 9.17) is 9.47 Å². The van der Waals surface area contributed by atoms with Crippen molar-refractivity contribution in [1.82, 2.24) is 4.98 Å². The molecule has 0 radical (unpaired) electrons. The molecule has 19 heavy (non-hydrogen) atoms. The van der Waals surface area contributed by atoms with Crippen molar-refractivity contribution >= 4 is 5.97 Å². The number of benzene rings is 1. The molecule has 0 spiro atoms. The minimum Gasteiger partial charge on any atom is -0.496 e. The molecule has 0 aliphatic carbocycles. The Morgan fingerprint density at radius 2 is 2.11 bits per heavy atom. The topological polar surface area (TPSA) is 48.4 Å². The number of carbonyl (C=O) groups excluding carboxylic acids is 1. The highest BCUT2D eigenvalue weighted by atomic mass is 16.5. The summed E-state index contributed by atoms with van der Waals surface area (Å²) in [5, 5.41) is 0. The predicted molar refractivity (Wildman–Crippen MR) is 72.2 cm³/mol. The third-order valence-corrected chi connectivity index (χ3v) is 2.70. The third-order valence-electron chi connectivity index (χ3n) is 2.70. The zero-order chi connectivity index (χ0) is 13.7. The van der Waals surface area contributed by atoms with Crippen LogP contribution < -0.4 is 4.74 Å². The van der Waals surface area contributed by atoms with Gasteiger partial charge in [-0.1, -0.05) is 18.2 Å². The maximum Gasteiger partial charge on any atom is 0.342 e. The Morgan fingerprint density at radius 1 is 1.26 bits per heavy atom. The first kappa shape index (κ1) is 13.1. The molecule has 0 amide bonds. The van der Waals surface area contributed by atoms with Crippen molar-refractivity contribution in [2.45, 2.75) is 6.92 Å². The molecule has 2 aromatic rings. The van der Waals surface area contributed by atoms with Crippen LogP contribution in [0, 0.1) is 0 Å². The second-order valence-electron chi connectivity index (χ2n) is 3.85. The molecule has 0 N–H and O–H groups in total. The molecule has 0 unspecified atom stereocenters. The molecule has 0 aliphatic heterocycles. The maximum absolute atomic E-state index is 12.1. The van der Waals surface area contributed by atoms with E-state index in [9.17, 15) is 4.79 Å². The van der Waals surface area contributed by atoms with Gasteiger partial charge < -0.3 is 9.47 Å². The summed E-state index contributed by atoms with van der Waals surface area (Å²) in [5.74, 6) is 0.110. The summed E-state index contributed by atoms with van der Waals surface area (Å²) in [7, 11) is 1.53. The van der Waals surface area contributed by atoms with Gasteiger partial charge in [-0.3, -0.25) is 4.98 Å². The van der Waals surface area contributed by atoms with Crippen LogP contribution in [0.1, 0.15) is 17.3 Å². The van der Waals surface area contributed by atoms with Crippen LogP contribution in [0.5, 0.6) is 5.75 Å². The van der Waals surface area contributed by atoms with E-state index < -0.39 is 0 Å². The lowest BCUT2D eigenvalue weighted by molar-refractivity contribution is 0.0523. The monoisotopic (exact) mass is 257 g/mol. The summed E-state index contributed by atoms with van der Waals surface area (Å²) in [6.45, 7) is 2.10. The zero-order valence-electron chi connectivity index (χ0n) is 10.9. The smallest absolute Gasteiger partial charge is 0.342 e. The fourth-order valence-electron chi connectivity index (χ4n) is 1.88. The Hall–Kier alpha value is -2.36. The van der Waals surface area contributed by atoms with E-state index in [1.54, 1.807) is 25.4 Å². The molecule has 0 atom stereocenters. The maximum atomic E-state index is 12.1. The molecule has 0 bridgehead atoms. The lowest BCUT2D eigenvalue weighted by atomic mass is 10.0. The van der Waals surface area contributed by atoms with E-state index in [0.29, 0.717) is 17.9 Å². The molecule has 4 nitrogen and oxygen atoms in total. The van der Waals surface area contributed by atoms with E-state index in [-0.39, 0.29) is 5.97 Å². The van der Waals surface area contributed by atoms with Gasteiger partial charge in [-0.2, -0.15) is 0 Å². The van der Waals surface area contributed by atoms with Crippen LogP contribution in [0.3, 0.4) is 0 Å². The van der Waals surface area contributed by atoms with Gasteiger partial charge in [0.2, 0.25) is 0 Å². The lowest BCUT2D eigenvalue weighted by Crippen LogP contribution is -2.08. The second-order valence-corrected chi connectivity index (χ2v) is 3.85. The number of pyridine rings is 1. The highest BCUT2D eigenvalue weighted by molar-refractivity contribution is 6.00. The van der Waals surface area contributed by atoms with Crippen LogP contribution in [0.15, 0.2) is 42.7 Å². The molecular weight excluding hydrogens is 242 g/mol. The van der Waals surface area contributed by atoms with Crippen molar-refractivity contribution < 1.29 is 14.3 Å². The largest absolute Gasteiger partial charge is 0.496 e. The molecule has 0 saturated heterocycles. The fourth-order valence-corrected chi connectivity index (χ4v) is 1.88. The van der Waals surface area contributed by atoms with Crippen molar-refractivity contribution in [3.05, 3.63) is 48.3 Å². The molecule has 2 rings (SSSR count). The van der Waals surface area contributed by atoms with Crippen LogP contribution >= 0.6 is 0 Å². The average Bonchev–Trinajstić information content (AvgIpc) is 2.47. The highest BCUT2D eigenvalue weighted by Crippen LogP contribution is 2.30. The van der Waals surface area contributed by atoms with E-state index in [2.05, 4.69) is 4.98 Å². The quantitative estimate of drug-likeness (QED) is 0.790. The standard InChI is InChI=1S/C15H15NO3/c1-3-19-15(17)14-12(7-4-8-13(14)18-2)11-6-5-9-16-10-11/h4-10H,3H2,1-2H3. The summed E-state index contributed by atoms with van der Waals surface area (Å²) in [4.78, 5) is 16.2. The van der Waals surface area contributed by atoms with Gasteiger partial charge in [-0.25, -0.2) is 4.79 Å². The lowest BCUT2D eigenvalue weighted by Gasteiger charge is -2.12. The van der Waals surface area contributed by atoms with Crippen molar-refractivity contribution in [3.8, 4) is 16.9 Å². The van der Waals surface area contributed by atoms with Crippen molar-refractivity contribution in [2.75, 3.05) is 13.7 Å². The van der Waals surface area contributed by atoms with E-state index in [0.717, 1.165) is 11.1 Å². The molecule has 1 aromatic heterocycles. The van der Waals surface area contributed by atoms with Gasteiger partial charge >= 0.3 is 5.97 Å². The van der Waals surface area contributed by atoms with Crippen molar-refractivity contribution in [2.24, 2.45) is 0 Å². The van der Waals surface area contributed by atoms with E-state index in [1.165, 1.54) is 7.11 Å². The number of rotatable bonds is 4. The minimum absolute atomic E-state index is 0.323. The molecule has 0 fully saturated rings. The number of methoxy groups -OCH3 is 1. The number of nitrogens with zero attached hydrogens (tertiary/aromatic N) is 1. The fraction of sp³-hybridized carbons (Fsp3) is 0.200. The van der Waals surface area contributed by atoms with E-state index >= 15 is 0 Å². The number of hydrogen-bond donors (Lipinski definition) is 0. The van der Waals surface area contributed by atoms with Gasteiger partial charge in [0.25, 0.3) is 0 Å². The molecule has 4 heteroatoms. The Kier molecular flexibility index (Phi) is 4.13. The summed E-state index contributed by atoms with van der Waals surface area (Å²) in [6, 6.07) is 9.15. The first-order chi connectivity index (χ1) is 9.27. The molecule has 0 aliphatic rings. The summed E-state index contributed by atoms with van der Waals surface area (Å²) < 4.78 is 10.3. The minimum atomic E-state index is -0.390. The number of hydrogen-bond acceptors (Lipinski definition) is 4. The molecule has 98 valence electrons. The van der Waals surface area contributed by atoms with Crippen LogP contribution in [-0.4, -0.2) is 24.7 Å². The van der Waals surface area contributed by atoms with Crippen LogP contribution in [0.25, 0.3) is 11.1 Å². The third kappa shape index (κ3) is 2.73. The van der Waals surface area contributed by atoms with Gasteiger partial charge in [-0.05, 0) is 19.1 Å². The first-order valence-corrected chi connectivity index (χ1v) is 6.02. The SMILES string of the molecule is CCOC(=O)c1c(OC)cccc1-c1cccnc1. The number of carbonyl (C=O) groups is 1. The Labute approximate surface area is 112 Å². The zero-order valence-corrected chi connectivity index (χ0v) is 10.9. The van der Waals surface area contributed by atoms with Gasteiger partial charge in [-0.15, -0.1) is 0 Å². The van der Waals surface area contributed by atoms with Crippen LogP contribution in [0.4, 0.5) is 0 Å². The number of esters is 1. The molecule has 0 saturated carbocycles. The van der Waals surface area contributed by atoms with E-state index in [1.807, 2.05) is 24.3 Å². The Balaban J connectivity index is 2.57. The van der Waals surface area contributed by atoms with Crippen molar-refractivity contribution in [3.63, 3.8) is 0 Å². The second kappa shape index (κ2) is 6.00. The Bertz CT molecular complexity index is 567. The molecule has 1 aromatic carbocycles. The molecular formula is C15H15NO3. The number of aromatic nitrogens is 1. The van der Waals surface area contributed by atoms with Gasteiger partial charge in [0.1, 0.15) is 11.3 Å². The van der Waals surface area contributed by atoms with Gasteiger partial charge in [0.15, 0.2) is 0 Å². The predicted octanol–water partition coefficient (Wildman–Crippen LogP) is 2.93. The van der Waals surface area contributed by atoms with Crippen LogP contribution in [0.2, 0.25) is 0 Å². The molecule has 1 heterocycles. The van der Waals surface area contributed by atoms with Gasteiger partial charge in [0, 0.05) is 23.5 Å². The Morgan fingerprint density at radius 3 is 2.74 bits per heavy atom. The normalized spacial score (nSPS) is 10.0. The summed E-state index contributed by atoms with van der Waals surface area (Å²) in [5.41, 5.74) is 2.04. The van der Waals surface area contributed by atoms with Gasteiger partial charge in [0.05, 0.1) is 13.7 Å². The number of ether oxygens (including phenoxy) is 2. The van der Waals surface area contributed by atoms with Crippen LogP contribution in [-0.2, 0) is 4.74 Å². The highest BCUT2D eigenvalue weighted by Gasteiger charge is 2.19. The first-order valence-electron chi connectivity index (χ1n) is 6.02. The summed E-state index contributed by atoms with van der Waals surface area (Å²) in [6.07, 6.45) is 3.39.